The second-order valence-corrected chi connectivity index (χ2v) is 8.10. The Morgan fingerprint density at radius 1 is 1.21 bits per heavy atom. The summed E-state index contributed by atoms with van der Waals surface area (Å²) in [5.74, 6) is -3.43. The first-order chi connectivity index (χ1) is 15.9. The van der Waals surface area contributed by atoms with Gasteiger partial charge >= 0.3 is 6.18 Å². The van der Waals surface area contributed by atoms with Crippen LogP contribution in [0.4, 0.5) is 39.1 Å². The van der Waals surface area contributed by atoms with Crippen LogP contribution in [-0.4, -0.2) is 34.1 Å². The van der Waals surface area contributed by atoms with Crippen molar-refractivity contribution in [2.75, 3.05) is 16.8 Å². The number of carbonyl (C=O) groups is 1. The first-order valence-corrected chi connectivity index (χ1v) is 10.2. The molecule has 0 radical (unpaired) electrons. The number of anilines is 3. The molecule has 34 heavy (non-hydrogen) atoms. The van der Waals surface area contributed by atoms with E-state index in [1.165, 1.54) is 31.1 Å². The van der Waals surface area contributed by atoms with Crippen LogP contribution < -0.4 is 9.80 Å². The molecule has 4 rings (SSSR count). The van der Waals surface area contributed by atoms with E-state index in [-0.39, 0.29) is 34.9 Å². The molecule has 6 nitrogen and oxygen atoms in total. The predicted molar refractivity (Wildman–Crippen MR) is 114 cm³/mol. The number of carbonyl (C=O) groups excluding carboxylic acids is 1. The van der Waals surface area contributed by atoms with Gasteiger partial charge in [0, 0.05) is 37.0 Å². The average molecular weight is 499 g/mol. The molecule has 3 heterocycles. The third-order valence-electron chi connectivity index (χ3n) is 5.46. The third-order valence-corrected chi connectivity index (χ3v) is 5.75. The summed E-state index contributed by atoms with van der Waals surface area (Å²) in [5, 5.41) is 9.80. The van der Waals surface area contributed by atoms with Crippen LogP contribution >= 0.6 is 11.6 Å². The minimum atomic E-state index is -4.67. The minimum Gasteiger partial charge on any atom is -0.493 e. The highest BCUT2D eigenvalue weighted by atomic mass is 35.5. The van der Waals surface area contributed by atoms with Crippen molar-refractivity contribution in [2.45, 2.75) is 25.6 Å². The van der Waals surface area contributed by atoms with Gasteiger partial charge in [0.15, 0.2) is 0 Å². The summed E-state index contributed by atoms with van der Waals surface area (Å²) in [7, 11) is 1.22. The maximum Gasteiger partial charge on any atom is 0.416 e. The smallest absolute Gasteiger partial charge is 0.416 e. The van der Waals surface area contributed by atoms with E-state index >= 15 is 0 Å². The number of pyridine rings is 2. The lowest BCUT2D eigenvalue weighted by molar-refractivity contribution is -0.137. The zero-order valence-corrected chi connectivity index (χ0v) is 18.4. The number of benzene rings is 1. The Kier molecular flexibility index (Phi) is 5.84. The van der Waals surface area contributed by atoms with Gasteiger partial charge in [0.05, 0.1) is 22.0 Å². The van der Waals surface area contributed by atoms with Crippen molar-refractivity contribution in [2.24, 2.45) is 0 Å². The van der Waals surface area contributed by atoms with Crippen LogP contribution in [0.15, 0.2) is 36.5 Å². The lowest BCUT2D eigenvalue weighted by Crippen LogP contribution is -2.45. The minimum absolute atomic E-state index is 0.0486. The van der Waals surface area contributed by atoms with Crippen LogP contribution in [0, 0.1) is 18.6 Å². The molecule has 0 aliphatic carbocycles. The summed E-state index contributed by atoms with van der Waals surface area (Å²) in [5.41, 5.74) is -0.820. The van der Waals surface area contributed by atoms with Gasteiger partial charge in [0.25, 0.3) is 0 Å². The Balaban J connectivity index is 1.83. The first kappa shape index (κ1) is 23.7. The van der Waals surface area contributed by atoms with Gasteiger partial charge in [0.1, 0.15) is 23.5 Å². The monoisotopic (exact) mass is 498 g/mol. The van der Waals surface area contributed by atoms with E-state index in [1.54, 1.807) is 0 Å². The maximum atomic E-state index is 14.4. The van der Waals surface area contributed by atoms with Crippen LogP contribution in [-0.2, 0) is 17.4 Å². The molecule has 12 heteroatoms. The Bertz CT molecular complexity index is 1300. The molecule has 1 amide bonds. The number of nitrogens with zero attached hydrogens (tertiary/aromatic N) is 4. The molecule has 178 valence electrons. The second-order valence-electron chi connectivity index (χ2n) is 7.69. The molecule has 0 bridgehead atoms. The lowest BCUT2D eigenvalue weighted by atomic mass is 10.1. The van der Waals surface area contributed by atoms with Gasteiger partial charge in [-0.05, 0) is 31.2 Å². The van der Waals surface area contributed by atoms with E-state index in [0.717, 1.165) is 23.1 Å². The molecule has 1 N–H and O–H groups in total. The van der Waals surface area contributed by atoms with Gasteiger partial charge < -0.3 is 14.9 Å². The Morgan fingerprint density at radius 2 is 1.91 bits per heavy atom. The predicted octanol–water partition coefficient (Wildman–Crippen LogP) is 5.17. The number of aryl methyl sites for hydroxylation is 1. The molecule has 0 unspecified atom stereocenters. The summed E-state index contributed by atoms with van der Waals surface area (Å²) in [6.07, 6.45) is -3.58. The molecule has 2 aromatic heterocycles. The van der Waals surface area contributed by atoms with E-state index < -0.39 is 46.2 Å². The van der Waals surface area contributed by atoms with Crippen molar-refractivity contribution in [3.8, 4) is 5.88 Å². The number of aromatic nitrogens is 2. The maximum absolute atomic E-state index is 14.4. The number of fused-ring (bicyclic) bond motifs is 1. The number of amides is 1. The topological polar surface area (TPSA) is 69.6 Å². The highest BCUT2D eigenvalue weighted by molar-refractivity contribution is 6.31. The van der Waals surface area contributed by atoms with Crippen LogP contribution in [0.25, 0.3) is 0 Å². The molecule has 1 atom stereocenters. The van der Waals surface area contributed by atoms with Crippen LogP contribution in [0.5, 0.6) is 5.88 Å². The van der Waals surface area contributed by atoms with Crippen molar-refractivity contribution >= 4 is 34.7 Å². The van der Waals surface area contributed by atoms with Crippen LogP contribution in [0.1, 0.15) is 16.8 Å². The van der Waals surface area contributed by atoms with E-state index in [0.29, 0.717) is 6.07 Å². The molecule has 0 spiro atoms. The second kappa shape index (κ2) is 8.39. The summed E-state index contributed by atoms with van der Waals surface area (Å²) >= 11 is 5.74. The molecule has 0 saturated carbocycles. The Hall–Kier alpha value is -3.47. The molecule has 1 aromatic carbocycles. The standard InChI is InChI=1S/C22H16ClF5N4O2/c1-10-5-11(22(26,27)28)6-19(30-10)32-16-3-4-29-20(33)12(16)7-18(32)21(34)31(2)17-8-13(23)14(24)9-15(17)25/h3-6,8-9,18H,7H2,1-2H3,(H,29,33)/t18-/m1/s1. The van der Waals surface area contributed by atoms with Gasteiger partial charge in [0.2, 0.25) is 11.8 Å². The first-order valence-electron chi connectivity index (χ1n) is 9.82. The summed E-state index contributed by atoms with van der Waals surface area (Å²) in [4.78, 5) is 23.5. The third kappa shape index (κ3) is 4.11. The molecule has 0 fully saturated rings. The Morgan fingerprint density at radius 3 is 2.59 bits per heavy atom. The van der Waals surface area contributed by atoms with Gasteiger partial charge in [-0.2, -0.15) is 13.2 Å². The van der Waals surface area contributed by atoms with Gasteiger partial charge in [-0.25, -0.2) is 18.7 Å². The fourth-order valence-corrected chi connectivity index (χ4v) is 4.03. The molecule has 1 aliphatic heterocycles. The lowest BCUT2D eigenvalue weighted by Gasteiger charge is -2.30. The van der Waals surface area contributed by atoms with Crippen molar-refractivity contribution in [3.05, 3.63) is 70.0 Å². The quantitative estimate of drug-likeness (QED) is 0.399. The van der Waals surface area contributed by atoms with Gasteiger partial charge in [-0.15, -0.1) is 0 Å². The van der Waals surface area contributed by atoms with Crippen LogP contribution in [0.2, 0.25) is 5.02 Å². The van der Waals surface area contributed by atoms with E-state index in [9.17, 15) is 31.9 Å². The number of alkyl halides is 3. The van der Waals surface area contributed by atoms with Gasteiger partial charge in [-0.3, -0.25) is 4.79 Å². The summed E-state index contributed by atoms with van der Waals surface area (Å²) in [6, 6.07) is 3.32. The SMILES string of the molecule is Cc1cc(C(F)(F)F)cc(N2c3ccnc(O)c3C[C@@H]2C(=O)N(C)c2cc(Cl)c(F)cc2F)n1. The normalized spacial score (nSPS) is 15.4. The molecule has 3 aromatic rings. The fraction of sp³-hybridized carbons (Fsp3) is 0.227. The van der Waals surface area contributed by atoms with Crippen molar-refractivity contribution < 1.29 is 31.9 Å². The van der Waals surface area contributed by atoms with E-state index in [4.69, 9.17) is 11.6 Å². The number of hydrogen-bond donors (Lipinski definition) is 1. The number of likely N-dealkylation sites (N-methyl/N-ethyl adjacent to an activating group) is 1. The molecular formula is C22H16ClF5N4O2. The number of aromatic hydroxyl groups is 1. The summed E-state index contributed by atoms with van der Waals surface area (Å²) < 4.78 is 68.4. The van der Waals surface area contributed by atoms with Crippen molar-refractivity contribution in [1.29, 1.82) is 0 Å². The number of rotatable bonds is 3. The fourth-order valence-electron chi connectivity index (χ4n) is 3.88. The molecular weight excluding hydrogens is 483 g/mol. The summed E-state index contributed by atoms with van der Waals surface area (Å²) in [6.45, 7) is 1.37. The zero-order chi connectivity index (χ0) is 24.9. The van der Waals surface area contributed by atoms with Crippen molar-refractivity contribution in [3.63, 3.8) is 0 Å². The van der Waals surface area contributed by atoms with E-state index in [1.807, 2.05) is 0 Å². The molecule has 0 saturated heterocycles. The number of halogens is 6. The van der Waals surface area contributed by atoms with E-state index in [2.05, 4.69) is 9.97 Å². The van der Waals surface area contributed by atoms with Crippen LogP contribution in [0.3, 0.4) is 0 Å². The highest BCUT2D eigenvalue weighted by Gasteiger charge is 2.41. The zero-order valence-electron chi connectivity index (χ0n) is 17.7. The highest BCUT2D eigenvalue weighted by Crippen LogP contribution is 2.43. The van der Waals surface area contributed by atoms with Gasteiger partial charge in [-0.1, -0.05) is 11.6 Å². The average Bonchev–Trinajstić information content (AvgIpc) is 3.15. The largest absolute Gasteiger partial charge is 0.493 e. The number of hydrogen-bond acceptors (Lipinski definition) is 5. The molecule has 1 aliphatic rings. The Labute approximate surface area is 195 Å². The van der Waals surface area contributed by atoms with Crippen molar-refractivity contribution in [1.82, 2.24) is 9.97 Å².